The quantitative estimate of drug-likeness (QED) is 0.327. The summed E-state index contributed by atoms with van der Waals surface area (Å²) in [7, 11) is -1.27. The van der Waals surface area contributed by atoms with Gasteiger partial charge in [-0.3, -0.25) is 9.00 Å². The monoisotopic (exact) mass is 412 g/mol. The molecule has 142 valence electrons. The number of hydrogen-bond acceptors (Lipinski definition) is 4. The highest BCUT2D eigenvalue weighted by Crippen LogP contribution is 2.20. The van der Waals surface area contributed by atoms with Crippen molar-refractivity contribution in [3.05, 3.63) is 94.5 Å². The smallest absolute Gasteiger partial charge is 0.344 e. The van der Waals surface area contributed by atoms with Crippen LogP contribution >= 0.6 is 11.6 Å². The number of rotatable bonds is 6. The average Bonchev–Trinajstić information content (AvgIpc) is 2.73. The Hall–Kier alpha value is -2.76. The second kappa shape index (κ2) is 8.95. The van der Waals surface area contributed by atoms with E-state index in [9.17, 15) is 13.8 Å². The van der Waals surface area contributed by atoms with E-state index in [4.69, 9.17) is 16.3 Å². The van der Waals surface area contributed by atoms with E-state index in [1.54, 1.807) is 79.7 Å². The molecule has 3 aromatic carbocycles. The zero-order valence-electron chi connectivity index (χ0n) is 15.1. The number of benzene rings is 3. The molecule has 0 heterocycles. The molecule has 0 radical (unpaired) electrons. The number of ether oxygens (including phenoxy) is 1. The Balaban J connectivity index is 1.76. The predicted octanol–water partition coefficient (Wildman–Crippen LogP) is 4.92. The van der Waals surface area contributed by atoms with Crippen LogP contribution in [0.5, 0.6) is 5.75 Å². The van der Waals surface area contributed by atoms with E-state index in [-0.39, 0.29) is 11.3 Å². The molecule has 0 bridgehead atoms. The van der Waals surface area contributed by atoms with Crippen molar-refractivity contribution in [2.75, 3.05) is 5.75 Å². The Labute approximate surface area is 170 Å². The van der Waals surface area contributed by atoms with Gasteiger partial charge in [-0.15, -0.1) is 0 Å². The molecule has 0 aromatic heterocycles. The van der Waals surface area contributed by atoms with Crippen LogP contribution in [-0.4, -0.2) is 21.7 Å². The molecule has 0 saturated carbocycles. The van der Waals surface area contributed by atoms with Gasteiger partial charge in [-0.1, -0.05) is 30.7 Å². The lowest BCUT2D eigenvalue weighted by Gasteiger charge is -2.09. The highest BCUT2D eigenvalue weighted by atomic mass is 35.5. The number of esters is 1. The topological polar surface area (TPSA) is 60.4 Å². The number of halogens is 1. The molecular formula is C22H17ClO4S. The third-order valence-corrected chi connectivity index (χ3v) is 5.67. The fourth-order valence-electron chi connectivity index (χ4n) is 2.59. The van der Waals surface area contributed by atoms with Gasteiger partial charge in [-0.05, 0) is 60.7 Å². The van der Waals surface area contributed by atoms with Gasteiger partial charge < -0.3 is 4.74 Å². The van der Waals surface area contributed by atoms with Crippen LogP contribution < -0.4 is 4.74 Å². The van der Waals surface area contributed by atoms with Crippen molar-refractivity contribution < 1.29 is 18.5 Å². The first-order valence-electron chi connectivity index (χ1n) is 8.59. The lowest BCUT2D eigenvalue weighted by Crippen LogP contribution is -2.12. The molecule has 1 atom stereocenters. The van der Waals surface area contributed by atoms with E-state index >= 15 is 0 Å². The first kappa shape index (κ1) is 20.0. The third-order valence-electron chi connectivity index (χ3n) is 4.05. The van der Waals surface area contributed by atoms with Crippen LogP contribution in [0.25, 0.3) is 0 Å². The Morgan fingerprint density at radius 1 is 0.893 bits per heavy atom. The van der Waals surface area contributed by atoms with Crippen LogP contribution in [-0.2, 0) is 10.8 Å². The molecule has 6 heteroatoms. The maximum absolute atomic E-state index is 12.5. The van der Waals surface area contributed by atoms with E-state index in [0.717, 1.165) is 0 Å². The fraction of sp³-hybridized carbons (Fsp3) is 0.0909. The van der Waals surface area contributed by atoms with Crippen molar-refractivity contribution in [1.82, 2.24) is 0 Å². The van der Waals surface area contributed by atoms with Crippen molar-refractivity contribution >= 4 is 34.2 Å². The molecule has 0 unspecified atom stereocenters. The molecule has 3 rings (SSSR count). The highest BCUT2D eigenvalue weighted by Gasteiger charge is 2.17. The van der Waals surface area contributed by atoms with Gasteiger partial charge in [0.15, 0.2) is 5.78 Å². The number of carbonyl (C=O) groups is 2. The minimum Gasteiger partial charge on any atom is -0.423 e. The van der Waals surface area contributed by atoms with Crippen LogP contribution in [0, 0.1) is 0 Å². The summed E-state index contributed by atoms with van der Waals surface area (Å²) >= 11 is 5.84. The second-order valence-electron chi connectivity index (χ2n) is 5.88. The van der Waals surface area contributed by atoms with Crippen molar-refractivity contribution in [1.29, 1.82) is 0 Å². The average molecular weight is 413 g/mol. The fourth-order valence-corrected chi connectivity index (χ4v) is 3.66. The molecule has 0 aliphatic carbocycles. The standard InChI is InChI=1S/C22H17ClO4S/c1-2-28(26)20-6-4-3-5-19(20)22(25)27-18-13-9-16(10-14-18)21(24)15-7-11-17(23)12-8-15/h3-14H,2H2,1H3/t28-/m1/s1. The lowest BCUT2D eigenvalue weighted by molar-refractivity contribution is 0.0731. The zero-order valence-corrected chi connectivity index (χ0v) is 16.6. The molecule has 0 aliphatic rings. The van der Waals surface area contributed by atoms with Crippen LogP contribution in [0.4, 0.5) is 0 Å². The van der Waals surface area contributed by atoms with E-state index in [0.29, 0.717) is 32.5 Å². The molecule has 0 fully saturated rings. The Kier molecular flexibility index (Phi) is 6.39. The summed E-state index contributed by atoms with van der Waals surface area (Å²) in [6, 6.07) is 19.6. The number of ketones is 1. The Morgan fingerprint density at radius 3 is 2.07 bits per heavy atom. The van der Waals surface area contributed by atoms with E-state index < -0.39 is 16.8 Å². The Bertz CT molecular complexity index is 1030. The van der Waals surface area contributed by atoms with E-state index in [1.165, 1.54) is 0 Å². The maximum atomic E-state index is 12.5. The predicted molar refractivity (Wildman–Crippen MR) is 110 cm³/mol. The molecule has 0 aliphatic heterocycles. The van der Waals surface area contributed by atoms with Crippen LogP contribution in [0.1, 0.15) is 33.2 Å². The minimum atomic E-state index is -1.27. The highest BCUT2D eigenvalue weighted by molar-refractivity contribution is 7.85. The van der Waals surface area contributed by atoms with Crippen molar-refractivity contribution in [2.45, 2.75) is 11.8 Å². The molecule has 28 heavy (non-hydrogen) atoms. The summed E-state index contributed by atoms with van der Waals surface area (Å²) in [5.74, 6) is -0.0339. The molecule has 4 nitrogen and oxygen atoms in total. The SMILES string of the molecule is CC[S@@](=O)c1ccccc1C(=O)Oc1ccc(C(=O)c2ccc(Cl)cc2)cc1. The summed E-state index contributed by atoms with van der Waals surface area (Å²) in [6.45, 7) is 1.79. The first-order chi connectivity index (χ1) is 13.5. The van der Waals surface area contributed by atoms with Gasteiger partial charge in [0, 0.05) is 21.9 Å². The van der Waals surface area contributed by atoms with E-state index in [1.807, 2.05) is 0 Å². The number of hydrogen-bond donors (Lipinski definition) is 0. The first-order valence-corrected chi connectivity index (χ1v) is 10.3. The summed E-state index contributed by atoms with van der Waals surface area (Å²) in [5, 5.41) is 0.558. The zero-order chi connectivity index (χ0) is 20.1. The lowest BCUT2D eigenvalue weighted by atomic mass is 10.0. The Morgan fingerprint density at radius 2 is 1.46 bits per heavy atom. The summed E-state index contributed by atoms with van der Waals surface area (Å²) in [4.78, 5) is 25.4. The molecule has 0 spiro atoms. The molecule has 0 saturated heterocycles. The van der Waals surface area contributed by atoms with Crippen molar-refractivity contribution in [3.8, 4) is 5.75 Å². The molecule has 3 aromatic rings. The summed E-state index contributed by atoms with van der Waals surface area (Å²) in [6.07, 6.45) is 0. The van der Waals surface area contributed by atoms with Gasteiger partial charge in [-0.2, -0.15) is 0 Å². The van der Waals surface area contributed by atoms with Crippen molar-refractivity contribution in [3.63, 3.8) is 0 Å². The van der Waals surface area contributed by atoms with Gasteiger partial charge in [0.25, 0.3) is 0 Å². The second-order valence-corrected chi connectivity index (χ2v) is 8.02. The van der Waals surface area contributed by atoms with E-state index in [2.05, 4.69) is 0 Å². The van der Waals surface area contributed by atoms with Crippen LogP contribution in [0.15, 0.2) is 77.7 Å². The summed E-state index contributed by atoms with van der Waals surface area (Å²) < 4.78 is 17.5. The van der Waals surface area contributed by atoms with Gasteiger partial charge in [0.2, 0.25) is 0 Å². The van der Waals surface area contributed by atoms with Crippen molar-refractivity contribution in [2.24, 2.45) is 0 Å². The van der Waals surface area contributed by atoms with Gasteiger partial charge in [-0.25, -0.2) is 4.79 Å². The molecule has 0 amide bonds. The third kappa shape index (κ3) is 4.55. The van der Waals surface area contributed by atoms with Gasteiger partial charge in [0.1, 0.15) is 5.75 Å². The number of carbonyl (C=O) groups excluding carboxylic acids is 2. The molecule has 0 N–H and O–H groups in total. The largest absolute Gasteiger partial charge is 0.423 e. The van der Waals surface area contributed by atoms with Gasteiger partial charge >= 0.3 is 5.97 Å². The molecular weight excluding hydrogens is 396 g/mol. The summed E-state index contributed by atoms with van der Waals surface area (Å²) in [5.41, 5.74) is 1.25. The minimum absolute atomic E-state index is 0.154. The normalized spacial score (nSPS) is 11.6. The maximum Gasteiger partial charge on any atom is 0.344 e. The van der Waals surface area contributed by atoms with Crippen LogP contribution in [0.3, 0.4) is 0 Å². The van der Waals surface area contributed by atoms with Gasteiger partial charge in [0.05, 0.1) is 21.3 Å². The van der Waals surface area contributed by atoms with Crippen LogP contribution in [0.2, 0.25) is 5.02 Å².